The molecule has 1 fully saturated rings. The summed E-state index contributed by atoms with van der Waals surface area (Å²) < 4.78 is 1.30. The van der Waals surface area contributed by atoms with E-state index in [0.29, 0.717) is 11.5 Å². The van der Waals surface area contributed by atoms with Crippen LogP contribution in [0.1, 0.15) is 32.3 Å². The highest BCUT2D eigenvalue weighted by molar-refractivity contribution is 6.30. The first-order valence-electron chi connectivity index (χ1n) is 5.37. The Labute approximate surface area is 98.3 Å². The molecule has 0 radical (unpaired) electrons. The average Bonchev–Trinajstić information content (AvgIpc) is 2.96. The number of hydrogen-bond donors (Lipinski definition) is 1. The summed E-state index contributed by atoms with van der Waals surface area (Å²) in [4.78, 5) is 26.4. The molecule has 1 saturated carbocycles. The van der Waals surface area contributed by atoms with Gasteiger partial charge in [0.2, 0.25) is 0 Å². The molecule has 0 saturated heterocycles. The van der Waals surface area contributed by atoms with E-state index in [9.17, 15) is 9.59 Å². The molecule has 16 heavy (non-hydrogen) atoms. The highest BCUT2D eigenvalue weighted by atomic mass is 35.5. The van der Waals surface area contributed by atoms with E-state index in [4.69, 9.17) is 11.6 Å². The highest BCUT2D eigenvalue weighted by Crippen LogP contribution is 2.42. The third-order valence-electron chi connectivity index (χ3n) is 3.43. The van der Waals surface area contributed by atoms with E-state index < -0.39 is 11.2 Å². The van der Waals surface area contributed by atoms with Crippen molar-refractivity contribution in [2.75, 3.05) is 0 Å². The van der Waals surface area contributed by atoms with E-state index >= 15 is 0 Å². The first-order valence-corrected chi connectivity index (χ1v) is 5.75. The van der Waals surface area contributed by atoms with Gasteiger partial charge in [0.15, 0.2) is 0 Å². The predicted molar refractivity (Wildman–Crippen MR) is 63.1 cm³/mol. The van der Waals surface area contributed by atoms with Crippen LogP contribution in [-0.4, -0.2) is 9.55 Å². The molecule has 0 spiro atoms. The second kappa shape index (κ2) is 3.48. The van der Waals surface area contributed by atoms with Crippen molar-refractivity contribution in [3.8, 4) is 0 Å². The Morgan fingerprint density at radius 2 is 1.94 bits per heavy atom. The summed E-state index contributed by atoms with van der Waals surface area (Å²) in [6.07, 6.45) is 2.14. The Balaban J connectivity index is 2.70. The number of nitrogens with one attached hydrogen (secondary N) is 1. The predicted octanol–water partition coefficient (Wildman–Crippen LogP) is 1.64. The molecular formula is C11H15ClN2O2. The Morgan fingerprint density at radius 1 is 1.38 bits per heavy atom. The summed E-state index contributed by atoms with van der Waals surface area (Å²) in [6.45, 7) is 5.48. The van der Waals surface area contributed by atoms with Crippen molar-refractivity contribution in [1.29, 1.82) is 0 Å². The third-order valence-corrected chi connectivity index (χ3v) is 3.80. The van der Waals surface area contributed by atoms with Gasteiger partial charge in [0.25, 0.3) is 5.56 Å². The molecule has 1 aromatic rings. The van der Waals surface area contributed by atoms with Crippen molar-refractivity contribution < 1.29 is 0 Å². The Kier molecular flexibility index (Phi) is 2.49. The summed E-state index contributed by atoms with van der Waals surface area (Å²) in [5.74, 6) is 0.409. The zero-order chi connectivity index (χ0) is 12.1. The molecule has 0 unspecified atom stereocenters. The summed E-state index contributed by atoms with van der Waals surface area (Å²) in [5.41, 5.74) is -0.738. The molecule has 4 nitrogen and oxygen atoms in total. The zero-order valence-corrected chi connectivity index (χ0v) is 10.4. The number of halogens is 1. The normalized spacial score (nSPS) is 16.5. The summed E-state index contributed by atoms with van der Waals surface area (Å²) >= 11 is 5.77. The van der Waals surface area contributed by atoms with Crippen molar-refractivity contribution in [2.45, 2.75) is 39.2 Å². The largest absolute Gasteiger partial charge is 0.330 e. The molecule has 1 aliphatic rings. The lowest BCUT2D eigenvalue weighted by Crippen LogP contribution is -2.48. The number of nitrogens with zero attached hydrogens (tertiary/aromatic N) is 1. The third kappa shape index (κ3) is 1.61. The van der Waals surface area contributed by atoms with E-state index in [-0.39, 0.29) is 10.7 Å². The fourth-order valence-corrected chi connectivity index (χ4v) is 2.25. The number of aromatic nitrogens is 2. The van der Waals surface area contributed by atoms with Gasteiger partial charge < -0.3 is 0 Å². The number of H-pyrrole nitrogens is 1. The second-order valence-electron chi connectivity index (χ2n) is 4.94. The molecule has 1 N–H and O–H groups in total. The molecule has 0 aliphatic heterocycles. The minimum Gasteiger partial charge on any atom is -0.297 e. The zero-order valence-electron chi connectivity index (χ0n) is 9.63. The van der Waals surface area contributed by atoms with E-state index in [2.05, 4.69) is 4.98 Å². The maximum absolute atomic E-state index is 12.0. The first kappa shape index (κ1) is 11.5. The fraction of sp³-hybridized carbons (Fsp3) is 0.636. The van der Waals surface area contributed by atoms with Crippen LogP contribution >= 0.6 is 11.6 Å². The van der Waals surface area contributed by atoms with Crippen molar-refractivity contribution in [3.63, 3.8) is 0 Å². The lowest BCUT2D eigenvalue weighted by Gasteiger charge is -2.26. The van der Waals surface area contributed by atoms with Crippen LogP contribution in [0.5, 0.6) is 0 Å². The van der Waals surface area contributed by atoms with Crippen LogP contribution in [0.15, 0.2) is 9.59 Å². The minimum atomic E-state index is -0.431. The van der Waals surface area contributed by atoms with Gasteiger partial charge in [-0.15, -0.1) is 0 Å². The monoisotopic (exact) mass is 242 g/mol. The van der Waals surface area contributed by atoms with Gasteiger partial charge in [-0.3, -0.25) is 14.3 Å². The smallest absolute Gasteiger partial charge is 0.297 e. The van der Waals surface area contributed by atoms with Crippen molar-refractivity contribution >= 4 is 11.6 Å². The van der Waals surface area contributed by atoms with Crippen LogP contribution in [0.2, 0.25) is 5.15 Å². The quantitative estimate of drug-likeness (QED) is 0.802. The van der Waals surface area contributed by atoms with Gasteiger partial charge in [-0.25, -0.2) is 4.79 Å². The van der Waals surface area contributed by atoms with Gasteiger partial charge in [-0.1, -0.05) is 11.6 Å². The maximum atomic E-state index is 12.0. The van der Waals surface area contributed by atoms with E-state index in [0.717, 1.165) is 12.8 Å². The molecule has 1 aromatic heterocycles. The fourth-order valence-electron chi connectivity index (χ4n) is 2.09. The summed E-state index contributed by atoms with van der Waals surface area (Å²) in [5, 5.41) is 0.137. The molecule has 2 rings (SSSR count). The van der Waals surface area contributed by atoms with Crippen LogP contribution in [0.3, 0.4) is 0 Å². The molecule has 0 amide bonds. The van der Waals surface area contributed by atoms with Gasteiger partial charge >= 0.3 is 5.69 Å². The van der Waals surface area contributed by atoms with Crippen molar-refractivity contribution in [3.05, 3.63) is 31.6 Å². The lowest BCUT2D eigenvalue weighted by molar-refractivity contribution is 0.282. The molecule has 1 aliphatic carbocycles. The van der Waals surface area contributed by atoms with Crippen molar-refractivity contribution in [1.82, 2.24) is 9.55 Å². The molecular weight excluding hydrogens is 228 g/mol. The number of aromatic amines is 1. The number of rotatable bonds is 2. The first-order chi connectivity index (χ1) is 7.35. The molecule has 0 bridgehead atoms. The lowest BCUT2D eigenvalue weighted by atomic mass is 9.98. The molecule has 0 aromatic carbocycles. The van der Waals surface area contributed by atoms with E-state index in [1.165, 1.54) is 4.57 Å². The standard InChI is InChI=1S/C11H15ClN2O2/c1-6-8(12)13-10(16)14(9(6)15)11(2,3)7-4-5-7/h7H,4-5H2,1-3H3,(H,13,16). The van der Waals surface area contributed by atoms with Crippen molar-refractivity contribution in [2.24, 2.45) is 5.92 Å². The topological polar surface area (TPSA) is 54.9 Å². The van der Waals surface area contributed by atoms with Gasteiger partial charge in [0.1, 0.15) is 5.15 Å². The van der Waals surface area contributed by atoms with Gasteiger partial charge in [-0.2, -0.15) is 0 Å². The van der Waals surface area contributed by atoms with E-state index in [1.54, 1.807) is 6.92 Å². The number of hydrogen-bond acceptors (Lipinski definition) is 2. The average molecular weight is 243 g/mol. The van der Waals surface area contributed by atoms with Gasteiger partial charge in [0.05, 0.1) is 0 Å². The van der Waals surface area contributed by atoms with Crippen LogP contribution in [0.4, 0.5) is 0 Å². The van der Waals surface area contributed by atoms with E-state index in [1.807, 2.05) is 13.8 Å². The minimum absolute atomic E-state index is 0.137. The molecule has 88 valence electrons. The van der Waals surface area contributed by atoms with Crippen LogP contribution < -0.4 is 11.2 Å². The summed E-state index contributed by atoms with van der Waals surface area (Å²) in [6, 6.07) is 0. The van der Waals surface area contributed by atoms with Crippen LogP contribution in [-0.2, 0) is 5.54 Å². The second-order valence-corrected chi connectivity index (χ2v) is 5.32. The SMILES string of the molecule is Cc1c(Cl)[nH]c(=O)n(C(C)(C)C2CC2)c1=O. The Bertz CT molecular complexity index is 538. The van der Waals surface area contributed by atoms with Crippen LogP contribution in [0, 0.1) is 12.8 Å². The maximum Gasteiger partial charge on any atom is 0.330 e. The highest BCUT2D eigenvalue weighted by Gasteiger charge is 2.41. The summed E-state index contributed by atoms with van der Waals surface area (Å²) in [7, 11) is 0. The Morgan fingerprint density at radius 3 is 2.44 bits per heavy atom. The molecule has 0 atom stereocenters. The molecule has 5 heteroatoms. The Hall–Kier alpha value is -1.03. The van der Waals surface area contributed by atoms with Crippen LogP contribution in [0.25, 0.3) is 0 Å². The molecule has 1 heterocycles. The van der Waals surface area contributed by atoms with Gasteiger partial charge in [-0.05, 0) is 39.5 Å². The van der Waals surface area contributed by atoms with Gasteiger partial charge in [0, 0.05) is 11.1 Å².